The standard InChI is InChI=1S/C10H14ClNS/c1-2-3-7-13-10-8(11)5-4-6-9(10)12/h4-6H,2-3,7,12H2,1H3. The molecule has 0 saturated carbocycles. The summed E-state index contributed by atoms with van der Waals surface area (Å²) in [5, 5.41) is 0.765. The molecule has 0 aromatic heterocycles. The summed E-state index contributed by atoms with van der Waals surface area (Å²) in [6, 6.07) is 5.65. The van der Waals surface area contributed by atoms with Crippen molar-refractivity contribution in [2.45, 2.75) is 24.7 Å². The first-order valence-electron chi connectivity index (χ1n) is 4.42. The molecule has 0 spiro atoms. The SMILES string of the molecule is CCCCSc1c(N)cccc1Cl. The first-order valence-corrected chi connectivity index (χ1v) is 5.79. The van der Waals surface area contributed by atoms with E-state index in [9.17, 15) is 0 Å². The Labute approximate surface area is 88.7 Å². The highest BCUT2D eigenvalue weighted by Gasteiger charge is 2.03. The van der Waals surface area contributed by atoms with Crippen molar-refractivity contribution in [3.8, 4) is 0 Å². The Morgan fingerprint density at radius 2 is 2.23 bits per heavy atom. The molecule has 0 aliphatic carbocycles. The zero-order chi connectivity index (χ0) is 9.68. The highest BCUT2D eigenvalue weighted by molar-refractivity contribution is 7.99. The minimum atomic E-state index is 0.765. The number of rotatable bonds is 4. The minimum absolute atomic E-state index is 0.765. The van der Waals surface area contributed by atoms with E-state index >= 15 is 0 Å². The van der Waals surface area contributed by atoms with Gasteiger partial charge in [-0.05, 0) is 24.3 Å². The van der Waals surface area contributed by atoms with Gasteiger partial charge in [-0.1, -0.05) is 31.0 Å². The molecule has 0 radical (unpaired) electrons. The molecule has 0 unspecified atom stereocenters. The van der Waals surface area contributed by atoms with Gasteiger partial charge in [-0.3, -0.25) is 0 Å². The van der Waals surface area contributed by atoms with Crippen LogP contribution in [0.25, 0.3) is 0 Å². The average molecular weight is 216 g/mol. The number of nitrogen functional groups attached to an aromatic ring is 1. The highest BCUT2D eigenvalue weighted by atomic mass is 35.5. The second-order valence-electron chi connectivity index (χ2n) is 2.86. The second kappa shape index (κ2) is 5.40. The maximum atomic E-state index is 6.01. The van der Waals surface area contributed by atoms with Gasteiger partial charge in [-0.15, -0.1) is 11.8 Å². The highest BCUT2D eigenvalue weighted by Crippen LogP contribution is 2.32. The lowest BCUT2D eigenvalue weighted by molar-refractivity contribution is 0.896. The molecule has 1 aromatic rings. The van der Waals surface area contributed by atoms with E-state index in [-0.39, 0.29) is 0 Å². The van der Waals surface area contributed by atoms with Crippen LogP contribution in [0, 0.1) is 0 Å². The van der Waals surface area contributed by atoms with Crippen LogP contribution in [0.15, 0.2) is 23.1 Å². The molecule has 1 nitrogen and oxygen atoms in total. The van der Waals surface area contributed by atoms with E-state index < -0.39 is 0 Å². The van der Waals surface area contributed by atoms with Gasteiger partial charge in [0.05, 0.1) is 5.02 Å². The molecular formula is C10H14ClNS. The van der Waals surface area contributed by atoms with Gasteiger partial charge in [0, 0.05) is 10.6 Å². The summed E-state index contributed by atoms with van der Waals surface area (Å²) in [4.78, 5) is 1.03. The van der Waals surface area contributed by atoms with Crippen LogP contribution in [0.4, 0.5) is 5.69 Å². The summed E-state index contributed by atoms with van der Waals surface area (Å²) in [7, 11) is 0. The Bertz CT molecular complexity index is 255. The second-order valence-corrected chi connectivity index (χ2v) is 4.37. The van der Waals surface area contributed by atoms with E-state index in [1.54, 1.807) is 11.8 Å². The van der Waals surface area contributed by atoms with Gasteiger partial charge >= 0.3 is 0 Å². The van der Waals surface area contributed by atoms with Crippen molar-refractivity contribution < 1.29 is 0 Å². The van der Waals surface area contributed by atoms with Crippen molar-refractivity contribution in [1.82, 2.24) is 0 Å². The van der Waals surface area contributed by atoms with Gasteiger partial charge in [-0.25, -0.2) is 0 Å². The molecule has 0 fully saturated rings. The third-order valence-corrected chi connectivity index (χ3v) is 3.41. The van der Waals surface area contributed by atoms with Crippen LogP contribution in [0.5, 0.6) is 0 Å². The van der Waals surface area contributed by atoms with Crippen LogP contribution in [0.3, 0.4) is 0 Å². The Kier molecular flexibility index (Phi) is 4.46. The van der Waals surface area contributed by atoms with Crippen molar-refractivity contribution >= 4 is 29.1 Å². The molecule has 2 N–H and O–H groups in total. The third kappa shape index (κ3) is 3.12. The first-order chi connectivity index (χ1) is 6.25. The monoisotopic (exact) mass is 215 g/mol. The van der Waals surface area contributed by atoms with E-state index in [1.807, 2.05) is 18.2 Å². The predicted octanol–water partition coefficient (Wildman–Crippen LogP) is 3.81. The summed E-state index contributed by atoms with van der Waals surface area (Å²) in [6.45, 7) is 2.18. The molecule has 13 heavy (non-hydrogen) atoms. The van der Waals surface area contributed by atoms with Gasteiger partial charge in [-0.2, -0.15) is 0 Å². The molecule has 0 atom stereocenters. The van der Waals surface area contributed by atoms with E-state index in [0.717, 1.165) is 21.4 Å². The molecule has 1 aromatic carbocycles. The van der Waals surface area contributed by atoms with Crippen LogP contribution in [0.1, 0.15) is 19.8 Å². The first kappa shape index (κ1) is 10.7. The smallest absolute Gasteiger partial charge is 0.0562 e. The number of nitrogens with two attached hydrogens (primary N) is 1. The van der Waals surface area contributed by atoms with Crippen LogP contribution < -0.4 is 5.73 Å². The van der Waals surface area contributed by atoms with Crippen LogP contribution in [-0.2, 0) is 0 Å². The van der Waals surface area contributed by atoms with E-state index in [4.69, 9.17) is 17.3 Å². The van der Waals surface area contributed by atoms with Crippen LogP contribution >= 0.6 is 23.4 Å². The molecule has 1 rings (SSSR count). The summed E-state index contributed by atoms with van der Waals surface area (Å²) in [5.74, 6) is 1.09. The van der Waals surface area contributed by atoms with E-state index in [2.05, 4.69) is 6.92 Å². The van der Waals surface area contributed by atoms with Gasteiger partial charge in [0.2, 0.25) is 0 Å². The summed E-state index contributed by atoms with van der Waals surface area (Å²) < 4.78 is 0. The maximum Gasteiger partial charge on any atom is 0.0562 e. The van der Waals surface area contributed by atoms with Crippen molar-refractivity contribution in [3.63, 3.8) is 0 Å². The molecule has 0 aliphatic rings. The molecule has 72 valence electrons. The van der Waals surface area contributed by atoms with E-state index in [0.29, 0.717) is 0 Å². The zero-order valence-corrected chi connectivity index (χ0v) is 9.29. The molecule has 0 heterocycles. The third-order valence-electron chi connectivity index (χ3n) is 1.74. The number of unbranched alkanes of at least 4 members (excludes halogenated alkanes) is 1. The lowest BCUT2D eigenvalue weighted by Crippen LogP contribution is -1.89. The number of hydrogen-bond donors (Lipinski definition) is 1. The molecule has 0 saturated heterocycles. The Morgan fingerprint density at radius 3 is 2.85 bits per heavy atom. The number of thioether (sulfide) groups is 1. The summed E-state index contributed by atoms with van der Waals surface area (Å²) in [6.07, 6.45) is 2.41. The molecule has 3 heteroatoms. The number of hydrogen-bond acceptors (Lipinski definition) is 2. The van der Waals surface area contributed by atoms with Gasteiger partial charge < -0.3 is 5.73 Å². The summed E-state index contributed by atoms with van der Waals surface area (Å²) in [5.41, 5.74) is 6.58. The number of halogens is 1. The predicted molar refractivity (Wildman–Crippen MR) is 61.5 cm³/mol. The lowest BCUT2D eigenvalue weighted by Gasteiger charge is -2.06. The maximum absolute atomic E-state index is 6.01. The van der Waals surface area contributed by atoms with Crippen molar-refractivity contribution in [2.24, 2.45) is 0 Å². The largest absolute Gasteiger partial charge is 0.398 e. The quantitative estimate of drug-likeness (QED) is 0.470. The molecule has 0 bridgehead atoms. The van der Waals surface area contributed by atoms with Crippen molar-refractivity contribution in [2.75, 3.05) is 11.5 Å². The fourth-order valence-corrected chi connectivity index (χ4v) is 2.42. The van der Waals surface area contributed by atoms with Gasteiger partial charge in [0.15, 0.2) is 0 Å². The van der Waals surface area contributed by atoms with Gasteiger partial charge in [0.25, 0.3) is 0 Å². The van der Waals surface area contributed by atoms with Crippen molar-refractivity contribution in [3.05, 3.63) is 23.2 Å². The Morgan fingerprint density at radius 1 is 1.46 bits per heavy atom. The Balaban J connectivity index is 2.64. The number of benzene rings is 1. The lowest BCUT2D eigenvalue weighted by atomic mass is 10.3. The van der Waals surface area contributed by atoms with Crippen LogP contribution in [-0.4, -0.2) is 5.75 Å². The van der Waals surface area contributed by atoms with Crippen LogP contribution in [0.2, 0.25) is 5.02 Å². The van der Waals surface area contributed by atoms with Crippen molar-refractivity contribution in [1.29, 1.82) is 0 Å². The number of anilines is 1. The fourth-order valence-electron chi connectivity index (χ4n) is 0.996. The average Bonchev–Trinajstić information content (AvgIpc) is 2.10. The summed E-state index contributed by atoms with van der Waals surface area (Å²) >= 11 is 7.75. The fraction of sp³-hybridized carbons (Fsp3) is 0.400. The molecule has 0 aliphatic heterocycles. The minimum Gasteiger partial charge on any atom is -0.398 e. The van der Waals surface area contributed by atoms with E-state index in [1.165, 1.54) is 12.8 Å². The van der Waals surface area contributed by atoms with Gasteiger partial charge in [0.1, 0.15) is 0 Å². The topological polar surface area (TPSA) is 26.0 Å². The Hall–Kier alpha value is -0.340. The molecular weight excluding hydrogens is 202 g/mol. The molecule has 0 amide bonds. The zero-order valence-electron chi connectivity index (χ0n) is 7.72. The normalized spacial score (nSPS) is 10.3.